The number of aliphatic carboxylic acids is 1. The minimum atomic E-state index is -1.51. The minimum Gasteiger partial charge on any atom is -0.508 e. The summed E-state index contributed by atoms with van der Waals surface area (Å²) in [5.74, 6) is -5.57. The van der Waals surface area contributed by atoms with E-state index >= 15 is 0 Å². The zero-order valence-electron chi connectivity index (χ0n) is 40.0. The van der Waals surface area contributed by atoms with Crippen LogP contribution in [0.2, 0.25) is 0 Å². The second kappa shape index (κ2) is 28.8. The predicted octanol–water partition coefficient (Wildman–Crippen LogP) is 0.289. The van der Waals surface area contributed by atoms with Gasteiger partial charge in [-0.25, -0.2) is 4.79 Å². The Morgan fingerprint density at radius 3 is 1.82 bits per heavy atom. The number of hydrogen-bond acceptors (Lipinski definition) is 12. The van der Waals surface area contributed by atoms with Gasteiger partial charge in [0.15, 0.2) is 0 Å². The van der Waals surface area contributed by atoms with Gasteiger partial charge in [-0.2, -0.15) is 0 Å². The van der Waals surface area contributed by atoms with Crippen molar-refractivity contribution in [1.82, 2.24) is 42.1 Å². The van der Waals surface area contributed by atoms with Gasteiger partial charge in [0.1, 0.15) is 36.0 Å². The number of carboxylic acids is 1. The number of nitrogens with two attached hydrogens (primary N) is 1. The fourth-order valence-electron chi connectivity index (χ4n) is 6.83. The van der Waals surface area contributed by atoms with E-state index in [1.54, 1.807) is 56.3 Å². The molecule has 2 rings (SSSR count). The normalized spacial score (nSPS) is 14.0. The highest BCUT2D eigenvalue weighted by atomic mass is 16.4. The zero-order valence-corrected chi connectivity index (χ0v) is 40.0. The van der Waals surface area contributed by atoms with Gasteiger partial charge in [0.2, 0.25) is 35.4 Å². The molecule has 0 unspecified atom stereocenters. The van der Waals surface area contributed by atoms with Crippen molar-refractivity contribution < 1.29 is 53.7 Å². The van der Waals surface area contributed by atoms with Crippen molar-refractivity contribution in [3.8, 4) is 5.75 Å². The summed E-state index contributed by atoms with van der Waals surface area (Å²) < 4.78 is 0. The summed E-state index contributed by atoms with van der Waals surface area (Å²) in [5, 5.41) is 48.2. The van der Waals surface area contributed by atoms with Gasteiger partial charge in [0.05, 0.1) is 12.6 Å². The first-order chi connectivity index (χ1) is 31.5. The molecular formula is C47H73N9O11. The topological polar surface area (TPSA) is 311 Å². The van der Waals surface area contributed by atoms with Gasteiger partial charge in [0, 0.05) is 44.7 Å². The number of aliphatic hydroxyl groups is 1. The van der Waals surface area contributed by atoms with Crippen LogP contribution >= 0.6 is 0 Å². The van der Waals surface area contributed by atoms with Crippen LogP contribution in [0.25, 0.3) is 0 Å². The van der Waals surface area contributed by atoms with Crippen molar-refractivity contribution in [2.45, 2.75) is 124 Å². The molecule has 0 aliphatic carbocycles. The van der Waals surface area contributed by atoms with Gasteiger partial charge in [0.25, 0.3) is 5.91 Å². The third-order valence-corrected chi connectivity index (χ3v) is 10.5. The third-order valence-electron chi connectivity index (χ3n) is 10.5. The zero-order chi connectivity index (χ0) is 50.4. The molecule has 20 heteroatoms. The van der Waals surface area contributed by atoms with Crippen molar-refractivity contribution in [1.29, 1.82) is 0 Å². The van der Waals surface area contributed by atoms with E-state index in [1.807, 2.05) is 32.6 Å². The highest BCUT2D eigenvalue weighted by Gasteiger charge is 2.34. The van der Waals surface area contributed by atoms with Gasteiger partial charge in [-0.05, 0) is 86.3 Å². The molecule has 67 heavy (non-hydrogen) atoms. The summed E-state index contributed by atoms with van der Waals surface area (Å²) in [6.07, 6.45) is -0.280. The molecule has 0 heterocycles. The summed E-state index contributed by atoms with van der Waals surface area (Å²) in [6, 6.07) is 7.41. The Labute approximate surface area is 393 Å². The molecule has 0 bridgehead atoms. The van der Waals surface area contributed by atoms with E-state index < -0.39 is 77.7 Å². The number of carbonyl (C=O) groups is 8. The summed E-state index contributed by atoms with van der Waals surface area (Å²) in [4.78, 5) is 105. The van der Waals surface area contributed by atoms with Crippen LogP contribution in [0.4, 0.5) is 0 Å². The van der Waals surface area contributed by atoms with Crippen LogP contribution in [0.15, 0.2) is 48.5 Å². The van der Waals surface area contributed by atoms with E-state index in [-0.39, 0.29) is 80.5 Å². The molecule has 0 fully saturated rings. The molecule has 372 valence electrons. The second-order valence-electron chi connectivity index (χ2n) is 17.9. The summed E-state index contributed by atoms with van der Waals surface area (Å²) in [5.41, 5.74) is 7.14. The first-order valence-corrected chi connectivity index (χ1v) is 22.8. The number of rotatable bonds is 29. The summed E-state index contributed by atoms with van der Waals surface area (Å²) >= 11 is 0. The molecule has 6 atom stereocenters. The Hall–Kier alpha value is -6.12. The molecule has 0 spiro atoms. The molecule has 0 aliphatic heterocycles. The lowest BCUT2D eigenvalue weighted by Gasteiger charge is -2.27. The maximum absolute atomic E-state index is 13.5. The number of nitrogens with zero attached hydrogens (tertiary/aromatic N) is 1. The Morgan fingerprint density at radius 2 is 1.25 bits per heavy atom. The number of phenolic OH excluding ortho intramolecular Hbond substituents is 1. The summed E-state index contributed by atoms with van der Waals surface area (Å²) in [6.45, 7) is 14.4. The number of amides is 7. The highest BCUT2D eigenvalue weighted by molar-refractivity contribution is 5.99. The minimum absolute atomic E-state index is 0.0407. The molecule has 7 amide bonds. The summed E-state index contributed by atoms with van der Waals surface area (Å²) in [7, 11) is 0. The van der Waals surface area contributed by atoms with Crippen LogP contribution in [-0.2, 0) is 46.5 Å². The van der Waals surface area contributed by atoms with E-state index in [0.717, 1.165) is 5.56 Å². The largest absolute Gasteiger partial charge is 0.508 e. The molecule has 0 saturated heterocycles. The van der Waals surface area contributed by atoms with Crippen LogP contribution in [0.3, 0.4) is 0 Å². The molecule has 2 aromatic carbocycles. The average molecular weight is 940 g/mol. The van der Waals surface area contributed by atoms with Gasteiger partial charge in [-0.3, -0.25) is 38.5 Å². The molecule has 0 saturated carbocycles. The van der Waals surface area contributed by atoms with Gasteiger partial charge in [-0.15, -0.1) is 0 Å². The Kier molecular flexibility index (Phi) is 24.5. The van der Waals surface area contributed by atoms with Crippen LogP contribution in [0.1, 0.15) is 96.1 Å². The first kappa shape index (κ1) is 57.0. The highest BCUT2D eigenvalue weighted by Crippen LogP contribution is 2.13. The fourth-order valence-corrected chi connectivity index (χ4v) is 6.83. The number of benzene rings is 2. The number of aliphatic hydroxyl groups excluding tert-OH is 1. The maximum atomic E-state index is 13.5. The molecule has 2 aromatic rings. The fraction of sp³-hybridized carbons (Fsp3) is 0.574. The number of nitrogens with one attached hydrogen (secondary N) is 7. The Bertz CT molecular complexity index is 1960. The maximum Gasteiger partial charge on any atom is 0.326 e. The average Bonchev–Trinajstić information content (AvgIpc) is 3.25. The van der Waals surface area contributed by atoms with E-state index in [2.05, 4.69) is 37.2 Å². The van der Waals surface area contributed by atoms with Gasteiger partial charge >= 0.3 is 5.97 Å². The monoisotopic (exact) mass is 940 g/mol. The Balaban J connectivity index is 2.11. The van der Waals surface area contributed by atoms with Crippen molar-refractivity contribution in [3.05, 3.63) is 65.2 Å². The molecule has 12 N–H and O–H groups in total. The van der Waals surface area contributed by atoms with Crippen LogP contribution in [0, 0.1) is 17.8 Å². The SMILES string of the molecule is CC(C)C[C@H](NC(=O)CCN)C(=O)N[C@@H](C)C(=O)NCCN(CCc1ccc(O)cc1)CC(=O)NCc1cccc(C(=O)N[C@@H](CC(C)C)C(=O)N[C@H](C(=O)N[C@H](C(=O)O)C(C)C)[C@@H](C)O)c1. The molecule has 20 nitrogen and oxygen atoms in total. The molecule has 0 aromatic heterocycles. The standard InChI is InChI=1S/C47H73N9O11/c1-27(2)22-36(52-38(59)16-18-48)44(63)51-30(7)42(61)49-19-21-56(20-17-32-12-14-35(58)15-13-32)26-39(60)50-25-33-10-9-11-34(24-33)43(62)53-37(23-28(3)4)45(64)55-41(31(8)57)46(65)54-40(29(5)6)47(66)67/h9-15,24,27-31,36-37,40-41,57-58H,16-23,25-26,48H2,1-8H3,(H,49,61)(H,50,60)(H,51,63)(H,52,59)(H,53,62)(H,54,65)(H,55,64)(H,66,67)/t30-,31+,36-,37-,40-,41-/m0/s1. The lowest BCUT2D eigenvalue weighted by atomic mass is 10.0. The van der Waals surface area contributed by atoms with Crippen LogP contribution in [-0.4, -0.2) is 137 Å². The number of hydrogen-bond donors (Lipinski definition) is 11. The number of carboxylic acid groups (broad SMARTS) is 1. The molecular weight excluding hydrogens is 867 g/mol. The van der Waals surface area contributed by atoms with Crippen molar-refractivity contribution in [2.24, 2.45) is 23.5 Å². The number of aromatic hydroxyl groups is 1. The third kappa shape index (κ3) is 21.4. The smallest absolute Gasteiger partial charge is 0.326 e. The quantitative estimate of drug-likeness (QED) is 0.0524. The van der Waals surface area contributed by atoms with Crippen molar-refractivity contribution >= 4 is 47.3 Å². The van der Waals surface area contributed by atoms with Crippen molar-refractivity contribution in [2.75, 3.05) is 32.7 Å². The second-order valence-corrected chi connectivity index (χ2v) is 17.9. The van der Waals surface area contributed by atoms with E-state index in [9.17, 15) is 53.7 Å². The molecule has 0 aliphatic rings. The first-order valence-electron chi connectivity index (χ1n) is 22.8. The Morgan fingerprint density at radius 1 is 0.657 bits per heavy atom. The molecule has 0 radical (unpaired) electrons. The van der Waals surface area contributed by atoms with Crippen molar-refractivity contribution in [3.63, 3.8) is 0 Å². The van der Waals surface area contributed by atoms with E-state index in [0.29, 0.717) is 24.9 Å². The van der Waals surface area contributed by atoms with Gasteiger partial charge in [-0.1, -0.05) is 65.8 Å². The van der Waals surface area contributed by atoms with E-state index in [4.69, 9.17) is 5.73 Å². The van der Waals surface area contributed by atoms with Crippen LogP contribution < -0.4 is 43.0 Å². The number of carbonyl (C=O) groups excluding carboxylic acids is 7. The van der Waals surface area contributed by atoms with E-state index in [1.165, 1.54) is 19.9 Å². The lowest BCUT2D eigenvalue weighted by Crippen LogP contribution is -2.59. The van der Waals surface area contributed by atoms with Gasteiger partial charge < -0.3 is 58.3 Å². The lowest BCUT2D eigenvalue weighted by molar-refractivity contribution is -0.144. The van der Waals surface area contributed by atoms with Crippen LogP contribution in [0.5, 0.6) is 5.75 Å². The predicted molar refractivity (Wildman–Crippen MR) is 251 cm³/mol. The number of phenols is 1.